The zero-order chi connectivity index (χ0) is 18.4. The number of aromatic nitrogens is 1. The average molecular weight is 366 g/mol. The van der Waals surface area contributed by atoms with Crippen LogP contribution < -0.4 is 10.6 Å². The second-order valence-electron chi connectivity index (χ2n) is 6.08. The molecule has 5 heteroatoms. The molecule has 0 saturated heterocycles. The van der Waals surface area contributed by atoms with Crippen molar-refractivity contribution in [3.05, 3.63) is 94.3 Å². The van der Waals surface area contributed by atoms with Gasteiger partial charge in [-0.1, -0.05) is 53.6 Å². The van der Waals surface area contributed by atoms with Crippen LogP contribution in [0.2, 0.25) is 5.02 Å². The van der Waals surface area contributed by atoms with E-state index < -0.39 is 0 Å². The quantitative estimate of drug-likeness (QED) is 0.672. The molecule has 0 fully saturated rings. The predicted molar refractivity (Wildman–Crippen MR) is 105 cm³/mol. The molecule has 2 N–H and O–H groups in total. The van der Waals surface area contributed by atoms with Crippen molar-refractivity contribution in [1.29, 1.82) is 0 Å². The third kappa shape index (κ3) is 5.07. The summed E-state index contributed by atoms with van der Waals surface area (Å²) in [6.07, 6.45) is 1.66. The first kappa shape index (κ1) is 18.0. The minimum atomic E-state index is -0.185. The van der Waals surface area contributed by atoms with Crippen LogP contribution in [-0.2, 0) is 13.1 Å². The van der Waals surface area contributed by atoms with Gasteiger partial charge < -0.3 is 10.6 Å². The number of nitrogens with zero attached hydrogens (tertiary/aromatic N) is 1. The lowest BCUT2D eigenvalue weighted by atomic mass is 10.1. The normalized spacial score (nSPS) is 10.4. The molecule has 0 aliphatic heterocycles. The van der Waals surface area contributed by atoms with Crippen LogP contribution in [-0.4, -0.2) is 10.9 Å². The summed E-state index contributed by atoms with van der Waals surface area (Å²) in [6.45, 7) is 3.18. The van der Waals surface area contributed by atoms with Crippen molar-refractivity contribution in [3.63, 3.8) is 0 Å². The fraction of sp³-hybridized carbons (Fsp3) is 0.143. The summed E-state index contributed by atoms with van der Waals surface area (Å²) < 4.78 is 0. The number of hydrogen-bond donors (Lipinski definition) is 2. The Labute approximate surface area is 158 Å². The first-order valence-electron chi connectivity index (χ1n) is 8.38. The summed E-state index contributed by atoms with van der Waals surface area (Å²) >= 11 is 5.88. The SMILES string of the molecule is Cc1ccc(CNC(=O)c2ccc(NCc3ccc(Cl)cc3)cn2)cc1. The summed E-state index contributed by atoms with van der Waals surface area (Å²) in [5.41, 5.74) is 4.63. The van der Waals surface area contributed by atoms with Crippen molar-refractivity contribution in [2.75, 3.05) is 5.32 Å². The molecule has 0 aliphatic rings. The molecule has 4 nitrogen and oxygen atoms in total. The van der Waals surface area contributed by atoms with E-state index in [9.17, 15) is 4.79 Å². The molecule has 1 heterocycles. The Hall–Kier alpha value is -2.85. The fourth-order valence-corrected chi connectivity index (χ4v) is 2.54. The molecule has 0 bridgehead atoms. The number of amides is 1. The minimum Gasteiger partial charge on any atom is -0.380 e. The Balaban J connectivity index is 1.52. The van der Waals surface area contributed by atoms with Gasteiger partial charge in [0.15, 0.2) is 0 Å². The lowest BCUT2D eigenvalue weighted by molar-refractivity contribution is 0.0946. The van der Waals surface area contributed by atoms with Crippen LogP contribution in [0.15, 0.2) is 66.9 Å². The number of hydrogen-bond acceptors (Lipinski definition) is 3. The number of pyridine rings is 1. The van der Waals surface area contributed by atoms with Crippen LogP contribution in [0, 0.1) is 6.92 Å². The van der Waals surface area contributed by atoms with E-state index in [-0.39, 0.29) is 5.91 Å². The van der Waals surface area contributed by atoms with E-state index in [2.05, 4.69) is 15.6 Å². The van der Waals surface area contributed by atoms with E-state index >= 15 is 0 Å². The van der Waals surface area contributed by atoms with Gasteiger partial charge in [0.1, 0.15) is 5.69 Å². The van der Waals surface area contributed by atoms with Gasteiger partial charge in [0.2, 0.25) is 0 Å². The molecule has 0 unspecified atom stereocenters. The van der Waals surface area contributed by atoms with Gasteiger partial charge in [-0.25, -0.2) is 4.98 Å². The molecule has 2 aromatic carbocycles. The van der Waals surface area contributed by atoms with Crippen molar-refractivity contribution in [1.82, 2.24) is 10.3 Å². The third-order valence-electron chi connectivity index (χ3n) is 3.98. The number of halogens is 1. The van der Waals surface area contributed by atoms with E-state index in [0.29, 0.717) is 18.8 Å². The summed E-state index contributed by atoms with van der Waals surface area (Å²) in [5, 5.41) is 6.87. The van der Waals surface area contributed by atoms with Crippen molar-refractivity contribution in [2.24, 2.45) is 0 Å². The number of anilines is 1. The van der Waals surface area contributed by atoms with Crippen LogP contribution in [0.5, 0.6) is 0 Å². The number of rotatable bonds is 6. The van der Waals surface area contributed by atoms with Crippen LogP contribution in [0.25, 0.3) is 0 Å². The summed E-state index contributed by atoms with van der Waals surface area (Å²) in [7, 11) is 0. The molecule has 3 rings (SSSR count). The average Bonchev–Trinajstić information content (AvgIpc) is 2.67. The molecule has 0 radical (unpaired) electrons. The van der Waals surface area contributed by atoms with Crippen molar-refractivity contribution in [2.45, 2.75) is 20.0 Å². The van der Waals surface area contributed by atoms with Crippen LogP contribution in [0.1, 0.15) is 27.2 Å². The monoisotopic (exact) mass is 365 g/mol. The van der Waals surface area contributed by atoms with Gasteiger partial charge in [0.25, 0.3) is 5.91 Å². The summed E-state index contributed by atoms with van der Waals surface area (Å²) in [6, 6.07) is 19.3. The molecular formula is C21H20ClN3O. The van der Waals surface area contributed by atoms with Gasteiger partial charge in [-0.3, -0.25) is 4.79 Å². The number of carbonyl (C=O) groups excluding carboxylic acids is 1. The third-order valence-corrected chi connectivity index (χ3v) is 4.23. The van der Waals surface area contributed by atoms with E-state index in [1.165, 1.54) is 5.56 Å². The smallest absolute Gasteiger partial charge is 0.270 e. The Kier molecular flexibility index (Phi) is 5.87. The molecule has 1 amide bonds. The molecule has 1 aromatic heterocycles. The molecular weight excluding hydrogens is 346 g/mol. The Morgan fingerprint density at radius 2 is 1.58 bits per heavy atom. The molecule has 26 heavy (non-hydrogen) atoms. The fourth-order valence-electron chi connectivity index (χ4n) is 2.42. The first-order valence-corrected chi connectivity index (χ1v) is 8.76. The highest BCUT2D eigenvalue weighted by atomic mass is 35.5. The molecule has 0 atom stereocenters. The Bertz CT molecular complexity index is 859. The minimum absolute atomic E-state index is 0.185. The van der Waals surface area contributed by atoms with Crippen molar-refractivity contribution in [3.8, 4) is 0 Å². The van der Waals surface area contributed by atoms with Crippen LogP contribution >= 0.6 is 11.6 Å². The Morgan fingerprint density at radius 3 is 2.23 bits per heavy atom. The molecule has 3 aromatic rings. The molecule has 0 aliphatic carbocycles. The van der Waals surface area contributed by atoms with Crippen molar-refractivity contribution >= 4 is 23.2 Å². The number of aryl methyl sites for hydroxylation is 1. The summed E-state index contributed by atoms with van der Waals surface area (Å²) in [5.74, 6) is -0.185. The van der Waals surface area contributed by atoms with E-state index in [0.717, 1.165) is 21.8 Å². The zero-order valence-corrected chi connectivity index (χ0v) is 15.3. The van der Waals surface area contributed by atoms with E-state index in [1.807, 2.05) is 61.5 Å². The summed E-state index contributed by atoms with van der Waals surface area (Å²) in [4.78, 5) is 16.4. The second kappa shape index (κ2) is 8.50. The van der Waals surface area contributed by atoms with E-state index in [1.54, 1.807) is 12.3 Å². The van der Waals surface area contributed by atoms with E-state index in [4.69, 9.17) is 11.6 Å². The topological polar surface area (TPSA) is 54.0 Å². The number of carbonyl (C=O) groups is 1. The predicted octanol–water partition coefficient (Wildman–Crippen LogP) is 4.59. The molecule has 0 spiro atoms. The lowest BCUT2D eigenvalue weighted by Crippen LogP contribution is -2.23. The highest BCUT2D eigenvalue weighted by molar-refractivity contribution is 6.30. The van der Waals surface area contributed by atoms with Gasteiger partial charge in [0.05, 0.1) is 11.9 Å². The van der Waals surface area contributed by atoms with Gasteiger partial charge in [-0.05, 0) is 42.3 Å². The van der Waals surface area contributed by atoms with Crippen LogP contribution in [0.3, 0.4) is 0 Å². The van der Waals surface area contributed by atoms with Gasteiger partial charge in [-0.15, -0.1) is 0 Å². The van der Waals surface area contributed by atoms with Crippen LogP contribution in [0.4, 0.5) is 5.69 Å². The first-order chi connectivity index (χ1) is 12.6. The maximum atomic E-state index is 12.2. The number of nitrogens with one attached hydrogen (secondary N) is 2. The highest BCUT2D eigenvalue weighted by Crippen LogP contribution is 2.12. The highest BCUT2D eigenvalue weighted by Gasteiger charge is 2.07. The zero-order valence-electron chi connectivity index (χ0n) is 14.5. The molecule has 132 valence electrons. The lowest BCUT2D eigenvalue weighted by Gasteiger charge is -2.08. The van der Waals surface area contributed by atoms with Gasteiger partial charge in [-0.2, -0.15) is 0 Å². The maximum Gasteiger partial charge on any atom is 0.270 e. The molecule has 0 saturated carbocycles. The Morgan fingerprint density at radius 1 is 0.923 bits per heavy atom. The standard InChI is InChI=1S/C21H20ClN3O/c1-15-2-4-16(5-3-15)13-25-21(26)20-11-10-19(14-24-20)23-12-17-6-8-18(22)9-7-17/h2-11,14,23H,12-13H2,1H3,(H,25,26). The number of benzene rings is 2. The van der Waals surface area contributed by atoms with Gasteiger partial charge in [0, 0.05) is 18.1 Å². The van der Waals surface area contributed by atoms with Gasteiger partial charge >= 0.3 is 0 Å². The van der Waals surface area contributed by atoms with Crippen molar-refractivity contribution < 1.29 is 4.79 Å². The largest absolute Gasteiger partial charge is 0.380 e. The maximum absolute atomic E-state index is 12.2. The second-order valence-corrected chi connectivity index (χ2v) is 6.52.